The number of hydrogen-bond donors (Lipinski definition) is 2. The van der Waals surface area contributed by atoms with Crippen LogP contribution in [0, 0.1) is 5.41 Å². The summed E-state index contributed by atoms with van der Waals surface area (Å²) in [7, 11) is 4.05. The summed E-state index contributed by atoms with van der Waals surface area (Å²) >= 11 is 0. The van der Waals surface area contributed by atoms with Crippen LogP contribution in [-0.4, -0.2) is 50.4 Å². The van der Waals surface area contributed by atoms with Crippen molar-refractivity contribution < 1.29 is 9.59 Å². The van der Waals surface area contributed by atoms with E-state index in [0.717, 1.165) is 32.4 Å². The maximum Gasteiger partial charge on any atom is 0.246 e. The van der Waals surface area contributed by atoms with Crippen LogP contribution >= 0.6 is 0 Å². The van der Waals surface area contributed by atoms with Gasteiger partial charge in [0.2, 0.25) is 11.8 Å². The van der Waals surface area contributed by atoms with E-state index in [4.69, 9.17) is 0 Å². The first-order valence-electron chi connectivity index (χ1n) is 7.99. The molecule has 0 bridgehead atoms. The second kappa shape index (κ2) is 10.4. The smallest absolute Gasteiger partial charge is 0.246 e. The van der Waals surface area contributed by atoms with Crippen LogP contribution in [0.3, 0.4) is 0 Å². The van der Waals surface area contributed by atoms with Gasteiger partial charge in [0.25, 0.3) is 0 Å². The van der Waals surface area contributed by atoms with Crippen LogP contribution in [0.1, 0.15) is 46.5 Å². The van der Waals surface area contributed by atoms with Crippen LogP contribution < -0.4 is 10.6 Å². The lowest BCUT2D eigenvalue weighted by atomic mass is 9.84. The minimum atomic E-state index is -0.101. The molecule has 2 amide bonds. The van der Waals surface area contributed by atoms with Gasteiger partial charge in [-0.2, -0.15) is 0 Å². The minimum absolute atomic E-state index is 0.0560. The summed E-state index contributed by atoms with van der Waals surface area (Å²) in [6, 6.07) is 0. The lowest BCUT2D eigenvalue weighted by molar-refractivity contribution is -0.123. The highest BCUT2D eigenvalue weighted by atomic mass is 16.2. The van der Waals surface area contributed by atoms with Crippen molar-refractivity contribution in [2.75, 3.05) is 33.7 Å². The molecule has 0 aliphatic rings. The molecule has 5 heteroatoms. The second-order valence-corrected chi connectivity index (χ2v) is 6.99. The number of nitrogens with zero attached hydrogens (tertiary/aromatic N) is 1. The Morgan fingerprint density at radius 3 is 2.23 bits per heavy atom. The molecular weight excluding hydrogens is 278 g/mol. The third-order valence-corrected chi connectivity index (χ3v) is 3.45. The number of rotatable bonds is 11. The van der Waals surface area contributed by atoms with Crippen LogP contribution in [0.2, 0.25) is 0 Å². The predicted molar refractivity (Wildman–Crippen MR) is 91.6 cm³/mol. The molecule has 2 N–H and O–H groups in total. The van der Waals surface area contributed by atoms with E-state index in [9.17, 15) is 9.59 Å². The van der Waals surface area contributed by atoms with Gasteiger partial charge in [-0.05, 0) is 52.2 Å². The first-order valence-corrected chi connectivity index (χ1v) is 7.99. The van der Waals surface area contributed by atoms with Gasteiger partial charge in [-0.1, -0.05) is 20.4 Å². The van der Waals surface area contributed by atoms with Crippen LogP contribution in [-0.2, 0) is 9.59 Å². The van der Waals surface area contributed by atoms with Crippen molar-refractivity contribution in [3.63, 3.8) is 0 Å². The van der Waals surface area contributed by atoms with Gasteiger partial charge in [-0.25, -0.2) is 0 Å². The SMILES string of the molecule is C=C(C)C(=O)NCCCC(C)(C)CC(=O)NCCCN(C)C. The molecule has 0 spiro atoms. The number of amides is 2. The van der Waals surface area contributed by atoms with E-state index < -0.39 is 0 Å². The summed E-state index contributed by atoms with van der Waals surface area (Å²) in [6.07, 6.45) is 3.24. The van der Waals surface area contributed by atoms with Gasteiger partial charge < -0.3 is 15.5 Å². The fourth-order valence-electron chi connectivity index (χ4n) is 2.13. The average molecular weight is 311 g/mol. The molecule has 0 aliphatic carbocycles. The fourth-order valence-corrected chi connectivity index (χ4v) is 2.13. The molecule has 0 aromatic rings. The fraction of sp³-hybridized carbons (Fsp3) is 0.765. The molecule has 0 unspecified atom stereocenters. The highest BCUT2D eigenvalue weighted by molar-refractivity contribution is 5.92. The number of carbonyl (C=O) groups is 2. The van der Waals surface area contributed by atoms with E-state index >= 15 is 0 Å². The Kier molecular flexibility index (Phi) is 9.74. The van der Waals surface area contributed by atoms with E-state index in [-0.39, 0.29) is 17.2 Å². The van der Waals surface area contributed by atoms with E-state index in [0.29, 0.717) is 18.5 Å². The Hall–Kier alpha value is -1.36. The van der Waals surface area contributed by atoms with Gasteiger partial charge in [0.15, 0.2) is 0 Å². The molecule has 0 aromatic heterocycles. The zero-order valence-electron chi connectivity index (χ0n) is 14.9. The lowest BCUT2D eigenvalue weighted by Gasteiger charge is -2.24. The summed E-state index contributed by atoms with van der Waals surface area (Å²) in [5.74, 6) is 0.00571. The lowest BCUT2D eigenvalue weighted by Crippen LogP contribution is -2.31. The molecule has 0 saturated heterocycles. The molecule has 0 aromatic carbocycles. The van der Waals surface area contributed by atoms with Crippen molar-refractivity contribution in [1.29, 1.82) is 0 Å². The van der Waals surface area contributed by atoms with Crippen molar-refractivity contribution in [2.45, 2.75) is 46.5 Å². The zero-order valence-corrected chi connectivity index (χ0v) is 14.9. The van der Waals surface area contributed by atoms with Crippen molar-refractivity contribution in [1.82, 2.24) is 15.5 Å². The maximum absolute atomic E-state index is 11.9. The summed E-state index contributed by atoms with van der Waals surface area (Å²) in [6.45, 7) is 11.8. The van der Waals surface area contributed by atoms with Crippen LogP contribution in [0.25, 0.3) is 0 Å². The topological polar surface area (TPSA) is 61.4 Å². The Labute approximate surface area is 135 Å². The normalized spacial score (nSPS) is 11.4. The van der Waals surface area contributed by atoms with Gasteiger partial charge >= 0.3 is 0 Å². The largest absolute Gasteiger partial charge is 0.356 e. The van der Waals surface area contributed by atoms with Gasteiger partial charge in [-0.15, -0.1) is 0 Å². The molecular formula is C17H33N3O2. The Morgan fingerprint density at radius 2 is 1.68 bits per heavy atom. The number of carbonyl (C=O) groups excluding carboxylic acids is 2. The third kappa shape index (κ3) is 11.3. The summed E-state index contributed by atoms with van der Waals surface area (Å²) in [4.78, 5) is 25.4. The highest BCUT2D eigenvalue weighted by Crippen LogP contribution is 2.26. The van der Waals surface area contributed by atoms with Crippen LogP contribution in [0.4, 0.5) is 0 Å². The monoisotopic (exact) mass is 311 g/mol. The third-order valence-electron chi connectivity index (χ3n) is 3.45. The molecule has 0 heterocycles. The van der Waals surface area contributed by atoms with Crippen LogP contribution in [0.5, 0.6) is 0 Å². The number of nitrogens with one attached hydrogen (secondary N) is 2. The molecule has 0 saturated carbocycles. The molecule has 128 valence electrons. The van der Waals surface area contributed by atoms with Crippen LogP contribution in [0.15, 0.2) is 12.2 Å². The molecule has 5 nitrogen and oxygen atoms in total. The highest BCUT2D eigenvalue weighted by Gasteiger charge is 2.21. The predicted octanol–water partition coefficient (Wildman–Crippen LogP) is 1.94. The van der Waals surface area contributed by atoms with E-state index in [1.165, 1.54) is 0 Å². The molecule has 0 atom stereocenters. The van der Waals surface area contributed by atoms with Gasteiger partial charge in [0.1, 0.15) is 0 Å². The zero-order chi connectivity index (χ0) is 17.2. The quantitative estimate of drug-likeness (QED) is 0.453. The van der Waals surface area contributed by atoms with Gasteiger partial charge in [0, 0.05) is 25.1 Å². The molecule has 0 radical (unpaired) electrons. The first kappa shape index (κ1) is 20.6. The minimum Gasteiger partial charge on any atom is -0.356 e. The van der Waals surface area contributed by atoms with E-state index in [1.807, 2.05) is 14.1 Å². The maximum atomic E-state index is 11.9. The number of hydrogen-bond acceptors (Lipinski definition) is 3. The molecule has 0 aliphatic heterocycles. The molecule has 22 heavy (non-hydrogen) atoms. The Bertz CT molecular complexity index is 376. The van der Waals surface area contributed by atoms with E-state index in [2.05, 4.69) is 36.0 Å². The van der Waals surface area contributed by atoms with Crippen molar-refractivity contribution >= 4 is 11.8 Å². The van der Waals surface area contributed by atoms with Crippen molar-refractivity contribution in [3.05, 3.63) is 12.2 Å². The van der Waals surface area contributed by atoms with Gasteiger partial charge in [-0.3, -0.25) is 9.59 Å². The summed E-state index contributed by atoms with van der Waals surface area (Å²) < 4.78 is 0. The van der Waals surface area contributed by atoms with Crippen molar-refractivity contribution in [2.24, 2.45) is 5.41 Å². The van der Waals surface area contributed by atoms with E-state index in [1.54, 1.807) is 6.92 Å². The first-order chi connectivity index (χ1) is 10.1. The Balaban J connectivity index is 3.85. The van der Waals surface area contributed by atoms with Crippen molar-refractivity contribution in [3.8, 4) is 0 Å². The standard InChI is InChI=1S/C17H33N3O2/c1-14(2)16(22)19-10-7-9-17(3,4)13-15(21)18-11-8-12-20(5)6/h1,7-13H2,2-6H3,(H,18,21)(H,19,22). The summed E-state index contributed by atoms with van der Waals surface area (Å²) in [5, 5.41) is 5.79. The summed E-state index contributed by atoms with van der Waals surface area (Å²) in [5.41, 5.74) is 0.468. The second-order valence-electron chi connectivity index (χ2n) is 6.99. The molecule has 0 rings (SSSR count). The average Bonchev–Trinajstić information content (AvgIpc) is 2.38. The van der Waals surface area contributed by atoms with Gasteiger partial charge in [0.05, 0.1) is 0 Å². The molecule has 0 fully saturated rings. The Morgan fingerprint density at radius 1 is 1.09 bits per heavy atom.